The minimum absolute atomic E-state index is 0.892. The van der Waals surface area contributed by atoms with Gasteiger partial charge in [-0.15, -0.1) is 0 Å². The number of aliphatic imine (C=N–C) groups is 1. The third kappa shape index (κ3) is 6.54. The maximum absolute atomic E-state index is 4.63. The molecule has 0 atom stereocenters. The summed E-state index contributed by atoms with van der Waals surface area (Å²) in [7, 11) is 1.84. The number of para-hydroxylation sites is 2. The summed E-state index contributed by atoms with van der Waals surface area (Å²) in [6.45, 7) is 5.60. The van der Waals surface area contributed by atoms with Crippen molar-refractivity contribution in [2.75, 3.05) is 39.8 Å². The molecule has 3 N–H and O–H groups in total. The fourth-order valence-corrected chi connectivity index (χ4v) is 3.68. The Labute approximate surface area is 162 Å². The van der Waals surface area contributed by atoms with Crippen molar-refractivity contribution in [1.82, 2.24) is 25.5 Å². The summed E-state index contributed by atoms with van der Waals surface area (Å²) in [6, 6.07) is 8.18. The van der Waals surface area contributed by atoms with Crippen molar-refractivity contribution in [3.05, 3.63) is 30.1 Å². The molecule has 1 fully saturated rings. The quantitative estimate of drug-likeness (QED) is 0.380. The number of rotatable bonds is 8. The third-order valence-corrected chi connectivity index (χ3v) is 5.19. The molecule has 1 saturated heterocycles. The van der Waals surface area contributed by atoms with E-state index in [0.717, 1.165) is 48.7 Å². The molecule has 1 aliphatic rings. The summed E-state index contributed by atoms with van der Waals surface area (Å²) in [5.41, 5.74) is 2.16. The van der Waals surface area contributed by atoms with Crippen molar-refractivity contribution in [2.45, 2.75) is 44.9 Å². The molecule has 6 heteroatoms. The standard InChI is InChI=1S/C21H34N6/c1-22-21(24-14-9-17-27-15-6-2-3-7-16-27)23-13-8-12-20-25-18-10-4-5-11-19(18)26-20/h4-5,10-11H,2-3,6-9,12-17H2,1H3,(H,25,26)(H2,22,23,24). The van der Waals surface area contributed by atoms with Crippen LogP contribution in [0.4, 0.5) is 0 Å². The highest BCUT2D eigenvalue weighted by Gasteiger charge is 2.08. The van der Waals surface area contributed by atoms with Crippen LogP contribution in [0.15, 0.2) is 29.3 Å². The molecular weight excluding hydrogens is 336 g/mol. The van der Waals surface area contributed by atoms with Crippen LogP contribution >= 0.6 is 0 Å². The summed E-state index contributed by atoms with van der Waals surface area (Å²) in [5.74, 6) is 1.95. The number of hydrogen-bond acceptors (Lipinski definition) is 3. The van der Waals surface area contributed by atoms with Crippen LogP contribution in [0.2, 0.25) is 0 Å². The van der Waals surface area contributed by atoms with Crippen LogP contribution in [-0.4, -0.2) is 60.6 Å². The second-order valence-corrected chi connectivity index (χ2v) is 7.34. The van der Waals surface area contributed by atoms with Crippen molar-refractivity contribution < 1.29 is 0 Å². The third-order valence-electron chi connectivity index (χ3n) is 5.19. The van der Waals surface area contributed by atoms with Gasteiger partial charge in [-0.05, 0) is 57.5 Å². The highest BCUT2D eigenvalue weighted by molar-refractivity contribution is 5.79. The number of nitrogens with zero attached hydrogens (tertiary/aromatic N) is 3. The van der Waals surface area contributed by atoms with Gasteiger partial charge >= 0.3 is 0 Å². The molecule has 1 aromatic carbocycles. The summed E-state index contributed by atoms with van der Waals surface area (Å²) in [5, 5.41) is 6.84. The van der Waals surface area contributed by atoms with E-state index in [-0.39, 0.29) is 0 Å². The number of aromatic nitrogens is 2. The lowest BCUT2D eigenvalue weighted by atomic mass is 10.2. The normalized spacial score (nSPS) is 16.4. The van der Waals surface area contributed by atoms with Gasteiger partial charge < -0.3 is 20.5 Å². The fraction of sp³-hybridized carbons (Fsp3) is 0.619. The molecule has 0 amide bonds. The topological polar surface area (TPSA) is 68.3 Å². The van der Waals surface area contributed by atoms with Crippen molar-refractivity contribution >= 4 is 17.0 Å². The van der Waals surface area contributed by atoms with E-state index < -0.39 is 0 Å². The van der Waals surface area contributed by atoms with E-state index in [4.69, 9.17) is 0 Å². The lowest BCUT2D eigenvalue weighted by Gasteiger charge is -2.20. The minimum Gasteiger partial charge on any atom is -0.356 e. The maximum atomic E-state index is 4.63. The zero-order chi connectivity index (χ0) is 18.7. The van der Waals surface area contributed by atoms with E-state index in [1.54, 1.807) is 0 Å². The summed E-state index contributed by atoms with van der Waals surface area (Å²) in [4.78, 5) is 14.9. The molecule has 1 aliphatic heterocycles. The van der Waals surface area contributed by atoms with Gasteiger partial charge in [-0.2, -0.15) is 0 Å². The van der Waals surface area contributed by atoms with Gasteiger partial charge in [-0.3, -0.25) is 4.99 Å². The maximum Gasteiger partial charge on any atom is 0.190 e. The number of aryl methyl sites for hydroxylation is 1. The van der Waals surface area contributed by atoms with Crippen LogP contribution in [0.3, 0.4) is 0 Å². The molecule has 27 heavy (non-hydrogen) atoms. The number of fused-ring (bicyclic) bond motifs is 1. The summed E-state index contributed by atoms with van der Waals surface area (Å²) >= 11 is 0. The minimum atomic E-state index is 0.892. The van der Waals surface area contributed by atoms with Crippen LogP contribution < -0.4 is 10.6 Å². The van der Waals surface area contributed by atoms with Gasteiger partial charge in [0.25, 0.3) is 0 Å². The van der Waals surface area contributed by atoms with E-state index in [1.807, 2.05) is 25.2 Å². The molecule has 2 heterocycles. The number of imidazole rings is 1. The number of benzene rings is 1. The second kappa shape index (κ2) is 10.9. The molecule has 0 spiro atoms. The SMILES string of the molecule is CN=C(NCCCc1nc2ccccc2[nH]1)NCCCN1CCCCCC1. The zero-order valence-corrected chi connectivity index (χ0v) is 16.6. The lowest BCUT2D eigenvalue weighted by Crippen LogP contribution is -2.39. The Bertz CT molecular complexity index is 667. The number of likely N-dealkylation sites (tertiary alicyclic amines) is 1. The molecule has 6 nitrogen and oxygen atoms in total. The van der Waals surface area contributed by atoms with Crippen LogP contribution in [0.25, 0.3) is 11.0 Å². The molecule has 1 aromatic heterocycles. The van der Waals surface area contributed by atoms with E-state index in [9.17, 15) is 0 Å². The summed E-state index contributed by atoms with van der Waals surface area (Å²) < 4.78 is 0. The highest BCUT2D eigenvalue weighted by atomic mass is 15.2. The monoisotopic (exact) mass is 370 g/mol. The molecule has 0 radical (unpaired) electrons. The largest absolute Gasteiger partial charge is 0.356 e. The number of aromatic amines is 1. The van der Waals surface area contributed by atoms with Gasteiger partial charge in [-0.1, -0.05) is 25.0 Å². The van der Waals surface area contributed by atoms with Crippen molar-refractivity contribution in [3.8, 4) is 0 Å². The van der Waals surface area contributed by atoms with Crippen LogP contribution in [0, 0.1) is 0 Å². The first kappa shape index (κ1) is 19.7. The van der Waals surface area contributed by atoms with Gasteiger partial charge in [0.05, 0.1) is 11.0 Å². The first-order valence-electron chi connectivity index (χ1n) is 10.5. The van der Waals surface area contributed by atoms with Crippen LogP contribution in [0.1, 0.15) is 44.3 Å². The van der Waals surface area contributed by atoms with Crippen molar-refractivity contribution in [3.63, 3.8) is 0 Å². The Morgan fingerprint density at radius 2 is 1.81 bits per heavy atom. The van der Waals surface area contributed by atoms with Crippen molar-refractivity contribution in [1.29, 1.82) is 0 Å². The molecule has 0 bridgehead atoms. The Morgan fingerprint density at radius 1 is 1.07 bits per heavy atom. The van der Waals surface area contributed by atoms with E-state index in [1.165, 1.54) is 51.7 Å². The summed E-state index contributed by atoms with van der Waals surface area (Å²) in [6.07, 6.45) is 8.66. The number of nitrogens with one attached hydrogen (secondary N) is 3. The number of H-pyrrole nitrogens is 1. The molecule has 0 saturated carbocycles. The Balaban J connectivity index is 1.28. The van der Waals surface area contributed by atoms with E-state index in [2.05, 4.69) is 36.6 Å². The second-order valence-electron chi connectivity index (χ2n) is 7.34. The lowest BCUT2D eigenvalue weighted by molar-refractivity contribution is 0.282. The van der Waals surface area contributed by atoms with Gasteiger partial charge in [0.15, 0.2) is 5.96 Å². The van der Waals surface area contributed by atoms with Gasteiger partial charge in [-0.25, -0.2) is 4.98 Å². The predicted molar refractivity (Wildman–Crippen MR) is 113 cm³/mol. The number of hydrogen-bond donors (Lipinski definition) is 3. The predicted octanol–water partition coefficient (Wildman–Crippen LogP) is 2.93. The van der Waals surface area contributed by atoms with Gasteiger partial charge in [0.2, 0.25) is 0 Å². The first-order chi connectivity index (χ1) is 13.3. The van der Waals surface area contributed by atoms with E-state index in [0.29, 0.717) is 0 Å². The number of guanidine groups is 1. The average molecular weight is 371 g/mol. The molecule has 0 unspecified atom stereocenters. The van der Waals surface area contributed by atoms with Gasteiger partial charge in [0.1, 0.15) is 5.82 Å². The molecule has 2 aromatic rings. The Hall–Kier alpha value is -2.08. The Morgan fingerprint density at radius 3 is 2.56 bits per heavy atom. The highest BCUT2D eigenvalue weighted by Crippen LogP contribution is 2.11. The van der Waals surface area contributed by atoms with E-state index >= 15 is 0 Å². The van der Waals surface area contributed by atoms with Gasteiger partial charge in [0, 0.05) is 26.6 Å². The van der Waals surface area contributed by atoms with Crippen LogP contribution in [0.5, 0.6) is 0 Å². The molecule has 3 rings (SSSR count). The first-order valence-corrected chi connectivity index (χ1v) is 10.5. The fourth-order valence-electron chi connectivity index (χ4n) is 3.68. The zero-order valence-electron chi connectivity index (χ0n) is 16.6. The molecule has 0 aliphatic carbocycles. The smallest absolute Gasteiger partial charge is 0.190 e. The Kier molecular flexibility index (Phi) is 7.96. The molecular formula is C21H34N6. The average Bonchev–Trinajstić information content (AvgIpc) is 2.93. The van der Waals surface area contributed by atoms with Crippen LogP contribution in [-0.2, 0) is 6.42 Å². The molecule has 148 valence electrons. The van der Waals surface area contributed by atoms with Crippen molar-refractivity contribution in [2.24, 2.45) is 4.99 Å².